The molecule has 0 N–H and O–H groups in total. The molecule has 0 saturated heterocycles. The van der Waals surface area contributed by atoms with Crippen LogP contribution in [0.3, 0.4) is 0 Å². The summed E-state index contributed by atoms with van der Waals surface area (Å²) in [6.45, 7) is 4.80. The number of fused-ring (bicyclic) bond motifs is 5. The van der Waals surface area contributed by atoms with Gasteiger partial charge < -0.3 is 4.57 Å². The number of rotatable bonds is 1. The van der Waals surface area contributed by atoms with E-state index in [1.165, 1.54) is 33.0 Å². The zero-order valence-corrected chi connectivity index (χ0v) is 16.0. The summed E-state index contributed by atoms with van der Waals surface area (Å²) >= 11 is 0. The first-order chi connectivity index (χ1) is 12.6. The number of para-hydroxylation sites is 2. The minimum absolute atomic E-state index is 0.135. The van der Waals surface area contributed by atoms with Gasteiger partial charge in [0.25, 0.3) is 0 Å². The van der Waals surface area contributed by atoms with E-state index >= 15 is 0 Å². The fourth-order valence-corrected chi connectivity index (χ4v) is 7.72. The predicted molar refractivity (Wildman–Crippen MR) is 109 cm³/mol. The summed E-state index contributed by atoms with van der Waals surface area (Å²) in [4.78, 5) is 0. The molecule has 26 heavy (non-hydrogen) atoms. The van der Waals surface area contributed by atoms with Gasteiger partial charge >= 0.3 is 0 Å². The van der Waals surface area contributed by atoms with Gasteiger partial charge in [0.1, 0.15) is 13.9 Å². The van der Waals surface area contributed by atoms with Gasteiger partial charge in [0, 0.05) is 22.0 Å². The SMILES string of the molecule is C[Si]1(C)Cc2cc(F)ccc2-c2c1n(-c1ccccc1)c1ccccc21. The standard InChI is InChI=1S/C23H20FNSi/c1-26(2)15-16-14-17(24)12-13-19(16)22-20-10-6-7-11-21(20)25(23(22)26)18-8-4-3-5-9-18/h3-14H,15H2,1-2H3. The molecule has 3 aromatic carbocycles. The van der Waals surface area contributed by atoms with Gasteiger partial charge in [-0.3, -0.25) is 0 Å². The highest BCUT2D eigenvalue weighted by Gasteiger charge is 2.38. The van der Waals surface area contributed by atoms with Crippen LogP contribution >= 0.6 is 0 Å². The highest BCUT2D eigenvalue weighted by molar-refractivity contribution is 6.90. The van der Waals surface area contributed by atoms with Gasteiger partial charge in [0.05, 0.1) is 5.52 Å². The summed E-state index contributed by atoms with van der Waals surface area (Å²) in [5, 5.41) is 2.71. The fourth-order valence-electron chi connectivity index (χ4n) is 4.51. The summed E-state index contributed by atoms with van der Waals surface area (Å²) in [6, 6.07) is 25.5. The summed E-state index contributed by atoms with van der Waals surface area (Å²) in [7, 11) is -1.80. The lowest BCUT2D eigenvalue weighted by Gasteiger charge is -2.32. The molecule has 0 saturated carbocycles. The zero-order valence-electron chi connectivity index (χ0n) is 15.0. The smallest absolute Gasteiger partial charge is 0.123 e. The van der Waals surface area contributed by atoms with Crippen molar-refractivity contribution < 1.29 is 4.39 Å². The van der Waals surface area contributed by atoms with Gasteiger partial charge in [-0.15, -0.1) is 0 Å². The lowest BCUT2D eigenvalue weighted by molar-refractivity contribution is 0.626. The van der Waals surface area contributed by atoms with Crippen molar-refractivity contribution in [3.8, 4) is 16.8 Å². The fraction of sp³-hybridized carbons (Fsp3) is 0.130. The second-order valence-electron chi connectivity index (χ2n) is 7.77. The Kier molecular flexibility index (Phi) is 3.25. The normalized spacial score (nSPS) is 14.9. The molecule has 1 aliphatic rings. The first-order valence-corrected chi connectivity index (χ1v) is 12.3. The molecule has 0 spiro atoms. The van der Waals surface area contributed by atoms with Crippen molar-refractivity contribution in [1.82, 2.24) is 4.57 Å². The van der Waals surface area contributed by atoms with E-state index < -0.39 is 8.07 Å². The van der Waals surface area contributed by atoms with Crippen LogP contribution in [0.4, 0.5) is 4.39 Å². The van der Waals surface area contributed by atoms with Crippen LogP contribution in [0.2, 0.25) is 13.1 Å². The van der Waals surface area contributed by atoms with E-state index in [4.69, 9.17) is 0 Å². The van der Waals surface area contributed by atoms with Crippen molar-refractivity contribution in [2.75, 3.05) is 0 Å². The van der Waals surface area contributed by atoms with Gasteiger partial charge in [0.15, 0.2) is 0 Å². The molecule has 5 rings (SSSR count). The maximum atomic E-state index is 13.9. The van der Waals surface area contributed by atoms with E-state index in [9.17, 15) is 4.39 Å². The third-order valence-corrected chi connectivity index (χ3v) is 8.52. The van der Waals surface area contributed by atoms with Gasteiger partial charge in [-0.05, 0) is 47.5 Å². The molecule has 1 aliphatic heterocycles. The number of hydrogen-bond donors (Lipinski definition) is 0. The van der Waals surface area contributed by atoms with Crippen molar-refractivity contribution in [2.24, 2.45) is 0 Å². The maximum absolute atomic E-state index is 13.9. The first-order valence-electron chi connectivity index (χ1n) is 9.04. The predicted octanol–water partition coefficient (Wildman–Crippen LogP) is 5.45. The van der Waals surface area contributed by atoms with Crippen LogP contribution in [0.1, 0.15) is 5.56 Å². The molecule has 1 aromatic heterocycles. The lowest BCUT2D eigenvalue weighted by Crippen LogP contribution is -2.50. The van der Waals surface area contributed by atoms with E-state index in [1.807, 2.05) is 6.07 Å². The van der Waals surface area contributed by atoms with Crippen molar-refractivity contribution in [2.45, 2.75) is 19.1 Å². The van der Waals surface area contributed by atoms with Gasteiger partial charge in [-0.2, -0.15) is 0 Å². The Morgan fingerprint density at radius 3 is 2.42 bits per heavy atom. The minimum Gasteiger partial charge on any atom is -0.317 e. The molecule has 0 unspecified atom stereocenters. The lowest BCUT2D eigenvalue weighted by atomic mass is 9.99. The largest absolute Gasteiger partial charge is 0.317 e. The molecule has 128 valence electrons. The molecule has 0 aliphatic carbocycles. The molecule has 4 aromatic rings. The van der Waals surface area contributed by atoms with Crippen LogP contribution in [0, 0.1) is 5.82 Å². The van der Waals surface area contributed by atoms with Gasteiger partial charge in [-0.1, -0.05) is 55.6 Å². The average molecular weight is 358 g/mol. The Morgan fingerprint density at radius 2 is 1.62 bits per heavy atom. The minimum atomic E-state index is -1.80. The number of aromatic nitrogens is 1. The van der Waals surface area contributed by atoms with Crippen LogP contribution < -0.4 is 5.32 Å². The molecule has 0 atom stereocenters. The summed E-state index contributed by atoms with van der Waals surface area (Å²) < 4.78 is 16.4. The van der Waals surface area contributed by atoms with Crippen LogP contribution in [0.15, 0.2) is 72.8 Å². The molecule has 3 heteroatoms. The van der Waals surface area contributed by atoms with Crippen LogP contribution in [-0.2, 0) is 6.04 Å². The summed E-state index contributed by atoms with van der Waals surface area (Å²) in [5.74, 6) is -0.135. The van der Waals surface area contributed by atoms with Crippen LogP contribution in [0.5, 0.6) is 0 Å². The second-order valence-corrected chi connectivity index (χ2v) is 12.4. The van der Waals surface area contributed by atoms with Crippen molar-refractivity contribution in [3.05, 3.63) is 84.2 Å². The third-order valence-electron chi connectivity index (χ3n) is 5.50. The van der Waals surface area contributed by atoms with Crippen LogP contribution in [0.25, 0.3) is 27.7 Å². The van der Waals surface area contributed by atoms with E-state index in [0.717, 1.165) is 11.6 Å². The third kappa shape index (κ3) is 2.13. The molecule has 2 heterocycles. The van der Waals surface area contributed by atoms with E-state index in [2.05, 4.69) is 72.3 Å². The van der Waals surface area contributed by atoms with Crippen LogP contribution in [-0.4, -0.2) is 12.6 Å². The summed E-state index contributed by atoms with van der Waals surface area (Å²) in [6.07, 6.45) is 0. The molecule has 0 amide bonds. The Bertz CT molecular complexity index is 1140. The Labute approximate surface area is 153 Å². The topological polar surface area (TPSA) is 4.93 Å². The first kappa shape index (κ1) is 15.6. The number of halogens is 1. The quantitative estimate of drug-likeness (QED) is 0.399. The Balaban J connectivity index is 1.97. The van der Waals surface area contributed by atoms with E-state index in [-0.39, 0.29) is 5.82 Å². The second kappa shape index (κ2) is 5.42. The monoisotopic (exact) mass is 357 g/mol. The van der Waals surface area contributed by atoms with Crippen molar-refractivity contribution in [1.29, 1.82) is 0 Å². The summed E-state index contributed by atoms with van der Waals surface area (Å²) in [5.41, 5.74) is 6.10. The van der Waals surface area contributed by atoms with Crippen molar-refractivity contribution >= 4 is 24.3 Å². The highest BCUT2D eigenvalue weighted by Crippen LogP contribution is 2.39. The Hall–Kier alpha value is -2.65. The molecular formula is C23H20FNSi. The molecule has 0 bridgehead atoms. The van der Waals surface area contributed by atoms with E-state index in [1.54, 1.807) is 12.1 Å². The van der Waals surface area contributed by atoms with Gasteiger partial charge in [0.2, 0.25) is 0 Å². The number of hydrogen-bond acceptors (Lipinski definition) is 0. The molecule has 1 nitrogen and oxygen atoms in total. The Morgan fingerprint density at radius 1 is 0.885 bits per heavy atom. The molecule has 0 radical (unpaired) electrons. The number of nitrogens with zero attached hydrogens (tertiary/aromatic N) is 1. The highest BCUT2D eigenvalue weighted by atomic mass is 28.3. The molecular weight excluding hydrogens is 337 g/mol. The van der Waals surface area contributed by atoms with Gasteiger partial charge in [-0.25, -0.2) is 4.39 Å². The van der Waals surface area contributed by atoms with E-state index in [0.29, 0.717) is 0 Å². The van der Waals surface area contributed by atoms with Crippen molar-refractivity contribution in [3.63, 3.8) is 0 Å². The molecule has 0 fully saturated rings. The average Bonchev–Trinajstić information content (AvgIpc) is 2.98. The number of benzene rings is 3. The maximum Gasteiger partial charge on any atom is 0.123 e. The zero-order chi connectivity index (χ0) is 17.9.